The van der Waals surface area contributed by atoms with Gasteiger partial charge in [-0.15, -0.1) is 11.3 Å². The van der Waals surface area contributed by atoms with Gasteiger partial charge in [0.05, 0.1) is 10.6 Å². The van der Waals surface area contributed by atoms with Crippen LogP contribution in [0.1, 0.15) is 55.3 Å². The molecule has 1 fully saturated rings. The molecule has 1 aliphatic rings. The van der Waals surface area contributed by atoms with E-state index in [-0.39, 0.29) is 0 Å². The summed E-state index contributed by atoms with van der Waals surface area (Å²) >= 11 is 1.79. The monoisotopic (exact) mass is 268 g/mol. The van der Waals surface area contributed by atoms with E-state index in [1.165, 1.54) is 22.7 Å². The van der Waals surface area contributed by atoms with E-state index in [4.69, 9.17) is 0 Å². The predicted octanol–water partition coefficient (Wildman–Crippen LogP) is 3.00. The number of thiazole rings is 1. The zero-order chi connectivity index (χ0) is 13.2. The van der Waals surface area contributed by atoms with Gasteiger partial charge in [0.15, 0.2) is 0 Å². The van der Waals surface area contributed by atoms with Crippen LogP contribution < -0.4 is 0 Å². The van der Waals surface area contributed by atoms with Crippen molar-refractivity contribution in [3.8, 4) is 0 Å². The molecule has 0 radical (unpaired) electrons. The molecule has 3 nitrogen and oxygen atoms in total. The SMILES string of the molecule is CC(C)c1ncc(CN(C)CC2(O)CCCC2)s1. The van der Waals surface area contributed by atoms with Crippen molar-refractivity contribution in [2.45, 2.75) is 57.6 Å². The lowest BCUT2D eigenvalue weighted by molar-refractivity contribution is 0.0147. The van der Waals surface area contributed by atoms with E-state index in [0.29, 0.717) is 5.92 Å². The van der Waals surface area contributed by atoms with Crippen molar-refractivity contribution in [3.63, 3.8) is 0 Å². The molecule has 1 saturated carbocycles. The molecular formula is C14H24N2OS. The highest BCUT2D eigenvalue weighted by atomic mass is 32.1. The summed E-state index contributed by atoms with van der Waals surface area (Å²) in [5, 5.41) is 11.6. The van der Waals surface area contributed by atoms with Crippen LogP contribution in [-0.4, -0.2) is 34.2 Å². The maximum atomic E-state index is 10.4. The third-order valence-corrected chi connectivity index (χ3v) is 4.87. The van der Waals surface area contributed by atoms with E-state index < -0.39 is 5.60 Å². The van der Waals surface area contributed by atoms with Crippen LogP contribution in [0.5, 0.6) is 0 Å². The Kier molecular flexibility index (Phi) is 4.41. The third kappa shape index (κ3) is 3.53. The van der Waals surface area contributed by atoms with Crippen molar-refractivity contribution in [1.29, 1.82) is 0 Å². The highest BCUT2D eigenvalue weighted by Gasteiger charge is 2.32. The Labute approximate surface area is 114 Å². The molecule has 0 spiro atoms. The number of aromatic nitrogens is 1. The Hall–Kier alpha value is -0.450. The molecule has 0 saturated heterocycles. The second-order valence-electron chi connectivity index (χ2n) is 5.92. The van der Waals surface area contributed by atoms with Gasteiger partial charge in [-0.1, -0.05) is 26.7 Å². The van der Waals surface area contributed by atoms with E-state index >= 15 is 0 Å². The van der Waals surface area contributed by atoms with Crippen LogP contribution in [0.15, 0.2) is 6.20 Å². The molecule has 1 aliphatic carbocycles. The molecule has 0 atom stereocenters. The number of rotatable bonds is 5. The van der Waals surface area contributed by atoms with Gasteiger partial charge in [-0.25, -0.2) is 4.98 Å². The second kappa shape index (κ2) is 5.68. The molecule has 1 N–H and O–H groups in total. The summed E-state index contributed by atoms with van der Waals surface area (Å²) in [4.78, 5) is 7.97. The lowest BCUT2D eigenvalue weighted by Crippen LogP contribution is -2.38. The highest BCUT2D eigenvalue weighted by molar-refractivity contribution is 7.11. The van der Waals surface area contributed by atoms with E-state index in [9.17, 15) is 5.11 Å². The summed E-state index contributed by atoms with van der Waals surface area (Å²) in [5.74, 6) is 0.507. The zero-order valence-corrected chi connectivity index (χ0v) is 12.5. The minimum atomic E-state index is -0.444. The molecule has 0 aromatic carbocycles. The first-order chi connectivity index (χ1) is 8.48. The van der Waals surface area contributed by atoms with Gasteiger partial charge in [0, 0.05) is 30.1 Å². The first-order valence-corrected chi connectivity index (χ1v) is 7.66. The van der Waals surface area contributed by atoms with Crippen LogP contribution in [-0.2, 0) is 6.54 Å². The average Bonchev–Trinajstić information content (AvgIpc) is 2.87. The minimum Gasteiger partial charge on any atom is -0.389 e. The molecule has 0 unspecified atom stereocenters. The summed E-state index contributed by atoms with van der Waals surface area (Å²) in [7, 11) is 2.09. The molecule has 18 heavy (non-hydrogen) atoms. The summed E-state index contributed by atoms with van der Waals surface area (Å²) in [6, 6.07) is 0. The number of hydrogen-bond donors (Lipinski definition) is 1. The third-order valence-electron chi connectivity index (χ3n) is 3.59. The molecule has 1 heterocycles. The molecule has 4 heteroatoms. The molecule has 0 aliphatic heterocycles. The molecule has 0 bridgehead atoms. The van der Waals surface area contributed by atoms with Crippen molar-refractivity contribution in [3.05, 3.63) is 16.1 Å². The van der Waals surface area contributed by atoms with Crippen molar-refractivity contribution in [2.24, 2.45) is 0 Å². The van der Waals surface area contributed by atoms with Gasteiger partial charge >= 0.3 is 0 Å². The lowest BCUT2D eigenvalue weighted by atomic mass is 10.0. The molecular weight excluding hydrogens is 244 g/mol. The Balaban J connectivity index is 1.88. The second-order valence-corrected chi connectivity index (χ2v) is 7.07. The maximum Gasteiger partial charge on any atom is 0.0953 e. The Bertz CT molecular complexity index is 383. The van der Waals surface area contributed by atoms with E-state index in [2.05, 4.69) is 30.8 Å². The van der Waals surface area contributed by atoms with Gasteiger partial charge < -0.3 is 5.11 Å². The number of aliphatic hydroxyl groups is 1. The van der Waals surface area contributed by atoms with Gasteiger partial charge in [-0.2, -0.15) is 0 Å². The van der Waals surface area contributed by atoms with Gasteiger partial charge in [0.2, 0.25) is 0 Å². The minimum absolute atomic E-state index is 0.444. The highest BCUT2D eigenvalue weighted by Crippen LogP contribution is 2.30. The summed E-state index contributed by atoms with van der Waals surface area (Å²) < 4.78 is 0. The van der Waals surface area contributed by atoms with Crippen molar-refractivity contribution >= 4 is 11.3 Å². The Morgan fingerprint density at radius 3 is 2.67 bits per heavy atom. The quantitative estimate of drug-likeness (QED) is 0.892. The van der Waals surface area contributed by atoms with E-state index in [1.54, 1.807) is 11.3 Å². The van der Waals surface area contributed by atoms with Crippen LogP contribution >= 0.6 is 11.3 Å². The fourth-order valence-electron chi connectivity index (χ4n) is 2.68. The molecule has 0 amide bonds. The van der Waals surface area contributed by atoms with Crippen molar-refractivity contribution in [2.75, 3.05) is 13.6 Å². The first-order valence-electron chi connectivity index (χ1n) is 6.84. The number of hydrogen-bond acceptors (Lipinski definition) is 4. The number of nitrogens with zero attached hydrogens (tertiary/aromatic N) is 2. The summed E-state index contributed by atoms with van der Waals surface area (Å²) in [6.45, 7) is 6.02. The maximum absolute atomic E-state index is 10.4. The van der Waals surface area contributed by atoms with Crippen LogP contribution in [0.25, 0.3) is 0 Å². The van der Waals surface area contributed by atoms with Crippen molar-refractivity contribution < 1.29 is 5.11 Å². The standard InChI is InChI=1S/C14H24N2OS/c1-11(2)13-15-8-12(18-13)9-16(3)10-14(17)6-4-5-7-14/h8,11,17H,4-7,9-10H2,1-3H3. The van der Waals surface area contributed by atoms with Crippen LogP contribution in [0.3, 0.4) is 0 Å². The Morgan fingerprint density at radius 1 is 1.44 bits per heavy atom. The topological polar surface area (TPSA) is 36.4 Å². The lowest BCUT2D eigenvalue weighted by Gasteiger charge is -2.28. The van der Waals surface area contributed by atoms with Crippen LogP contribution in [0.2, 0.25) is 0 Å². The van der Waals surface area contributed by atoms with Crippen molar-refractivity contribution in [1.82, 2.24) is 9.88 Å². The summed E-state index contributed by atoms with van der Waals surface area (Å²) in [6.07, 6.45) is 6.23. The van der Waals surface area contributed by atoms with Gasteiger partial charge in [-0.3, -0.25) is 4.90 Å². The molecule has 1 aromatic heterocycles. The predicted molar refractivity (Wildman–Crippen MR) is 76.0 cm³/mol. The Morgan fingerprint density at radius 2 is 2.11 bits per heavy atom. The fraction of sp³-hybridized carbons (Fsp3) is 0.786. The van der Waals surface area contributed by atoms with Gasteiger partial charge in [0.1, 0.15) is 0 Å². The molecule has 102 valence electrons. The normalized spacial score (nSPS) is 19.0. The largest absolute Gasteiger partial charge is 0.389 e. The van der Waals surface area contributed by atoms with Gasteiger partial charge in [-0.05, 0) is 19.9 Å². The van der Waals surface area contributed by atoms with Crippen LogP contribution in [0.4, 0.5) is 0 Å². The zero-order valence-electron chi connectivity index (χ0n) is 11.6. The number of likely N-dealkylation sites (N-methyl/N-ethyl adjacent to an activating group) is 1. The summed E-state index contributed by atoms with van der Waals surface area (Å²) in [5.41, 5.74) is -0.444. The smallest absolute Gasteiger partial charge is 0.0953 e. The van der Waals surface area contributed by atoms with Gasteiger partial charge in [0.25, 0.3) is 0 Å². The van der Waals surface area contributed by atoms with E-state index in [1.807, 2.05) is 6.20 Å². The first kappa shape index (κ1) is 14.0. The molecule has 1 aromatic rings. The molecule has 2 rings (SSSR count). The van der Waals surface area contributed by atoms with Crippen LogP contribution in [0, 0.1) is 0 Å². The fourth-order valence-corrected chi connectivity index (χ4v) is 3.68. The average molecular weight is 268 g/mol. The van der Waals surface area contributed by atoms with E-state index in [0.717, 1.165) is 25.9 Å².